The topological polar surface area (TPSA) is 64.2 Å². The first-order valence-corrected chi connectivity index (χ1v) is 9.02. The molecule has 1 amide bonds. The maximum Gasteiger partial charge on any atom is 0.271 e. The van der Waals surface area contributed by atoms with Crippen LogP contribution in [0.2, 0.25) is 0 Å². The summed E-state index contributed by atoms with van der Waals surface area (Å²) in [4.78, 5) is 16.9. The van der Waals surface area contributed by atoms with Gasteiger partial charge in [-0.15, -0.1) is 0 Å². The van der Waals surface area contributed by atoms with E-state index in [-0.39, 0.29) is 11.7 Å². The fourth-order valence-electron chi connectivity index (χ4n) is 3.22. The molecule has 3 heterocycles. The molecule has 3 aromatic heterocycles. The lowest BCUT2D eigenvalue weighted by molar-refractivity contribution is 0.0948. The van der Waals surface area contributed by atoms with Crippen molar-refractivity contribution < 1.29 is 9.18 Å². The Labute approximate surface area is 161 Å². The second-order valence-electron chi connectivity index (χ2n) is 6.68. The number of aryl methyl sites for hydroxylation is 2. The van der Waals surface area contributed by atoms with E-state index in [1.165, 1.54) is 6.07 Å². The zero-order chi connectivity index (χ0) is 19.7. The number of fused-ring (bicyclic) bond motifs is 1. The van der Waals surface area contributed by atoms with Crippen LogP contribution in [0.15, 0.2) is 54.9 Å². The van der Waals surface area contributed by atoms with Gasteiger partial charge in [0.15, 0.2) is 5.69 Å². The molecule has 0 fully saturated rings. The molecular weight excluding hydrogens is 357 g/mol. The molecule has 0 radical (unpaired) electrons. The molecule has 6 nitrogen and oxygen atoms in total. The lowest BCUT2D eigenvalue weighted by Crippen LogP contribution is -2.26. The van der Waals surface area contributed by atoms with Gasteiger partial charge in [-0.2, -0.15) is 5.10 Å². The maximum absolute atomic E-state index is 13.5. The number of aromatic nitrogens is 4. The number of hydrogen-bond acceptors (Lipinski definition) is 3. The number of benzene rings is 1. The van der Waals surface area contributed by atoms with E-state index in [0.29, 0.717) is 24.2 Å². The molecule has 0 aliphatic rings. The van der Waals surface area contributed by atoms with Crippen LogP contribution in [0, 0.1) is 12.7 Å². The van der Waals surface area contributed by atoms with Crippen LogP contribution in [0.5, 0.6) is 0 Å². The molecule has 142 valence electrons. The molecule has 0 saturated heterocycles. The zero-order valence-corrected chi connectivity index (χ0v) is 15.7. The number of rotatable bonds is 5. The summed E-state index contributed by atoms with van der Waals surface area (Å²) in [5.74, 6) is 0.386. The van der Waals surface area contributed by atoms with Gasteiger partial charge >= 0.3 is 0 Å². The first-order chi connectivity index (χ1) is 13.5. The van der Waals surface area contributed by atoms with Crippen LogP contribution in [0.3, 0.4) is 0 Å². The summed E-state index contributed by atoms with van der Waals surface area (Å²) < 4.78 is 17.1. The van der Waals surface area contributed by atoms with E-state index in [4.69, 9.17) is 0 Å². The van der Waals surface area contributed by atoms with Gasteiger partial charge in [0.1, 0.15) is 11.6 Å². The van der Waals surface area contributed by atoms with E-state index in [9.17, 15) is 9.18 Å². The van der Waals surface area contributed by atoms with Crippen LogP contribution in [0.1, 0.15) is 21.9 Å². The number of nitrogens with one attached hydrogen (secondary N) is 1. The summed E-state index contributed by atoms with van der Waals surface area (Å²) in [6.07, 6.45) is 4.38. The van der Waals surface area contributed by atoms with E-state index >= 15 is 0 Å². The van der Waals surface area contributed by atoms with Crippen LogP contribution in [0.25, 0.3) is 16.8 Å². The summed E-state index contributed by atoms with van der Waals surface area (Å²) in [7, 11) is 1.77. The Morgan fingerprint density at radius 1 is 1.21 bits per heavy atom. The standard InChI is InChI=1S/C21H20FN5O/c1-14-11-15(6-7-17(14)22)19-12-18(25-26(19)2)21(28)23-9-8-20-24-13-16-5-3-4-10-27(16)20/h3-7,10-13H,8-9H2,1-2H3,(H,23,28). The highest BCUT2D eigenvalue weighted by Crippen LogP contribution is 2.22. The highest BCUT2D eigenvalue weighted by molar-refractivity contribution is 5.93. The van der Waals surface area contributed by atoms with Gasteiger partial charge in [-0.25, -0.2) is 9.37 Å². The number of hydrogen-bond donors (Lipinski definition) is 1. The minimum absolute atomic E-state index is 0.249. The molecule has 0 unspecified atom stereocenters. The average molecular weight is 377 g/mol. The maximum atomic E-state index is 13.5. The van der Waals surface area contributed by atoms with E-state index in [2.05, 4.69) is 15.4 Å². The fraction of sp³-hybridized carbons (Fsp3) is 0.190. The van der Waals surface area contributed by atoms with E-state index in [0.717, 1.165) is 22.6 Å². The van der Waals surface area contributed by atoms with Gasteiger partial charge in [-0.1, -0.05) is 6.07 Å². The number of imidazole rings is 1. The van der Waals surface area contributed by atoms with Crippen molar-refractivity contribution in [3.05, 3.63) is 77.8 Å². The quantitative estimate of drug-likeness (QED) is 0.581. The molecule has 0 aliphatic heterocycles. The van der Waals surface area contributed by atoms with Crippen LogP contribution in [-0.2, 0) is 13.5 Å². The van der Waals surface area contributed by atoms with Gasteiger partial charge in [-0.3, -0.25) is 9.48 Å². The molecule has 0 spiro atoms. The largest absolute Gasteiger partial charge is 0.350 e. The van der Waals surface area contributed by atoms with Crippen molar-refractivity contribution in [1.82, 2.24) is 24.5 Å². The van der Waals surface area contributed by atoms with Crippen molar-refractivity contribution >= 4 is 11.4 Å². The summed E-state index contributed by atoms with van der Waals surface area (Å²) >= 11 is 0. The van der Waals surface area contributed by atoms with Crippen LogP contribution in [0.4, 0.5) is 4.39 Å². The van der Waals surface area contributed by atoms with Crippen molar-refractivity contribution in [3.63, 3.8) is 0 Å². The molecule has 0 saturated carbocycles. The Bertz CT molecular complexity index is 1160. The summed E-state index contributed by atoms with van der Waals surface area (Å²) in [5, 5.41) is 7.18. The third-order valence-electron chi connectivity index (χ3n) is 4.72. The van der Waals surface area contributed by atoms with Crippen molar-refractivity contribution in [2.24, 2.45) is 7.05 Å². The van der Waals surface area contributed by atoms with Crippen molar-refractivity contribution in [3.8, 4) is 11.3 Å². The number of halogens is 1. The number of amides is 1. The lowest BCUT2D eigenvalue weighted by Gasteiger charge is -2.03. The number of pyridine rings is 1. The SMILES string of the molecule is Cc1cc(-c2cc(C(=O)NCCc3ncc4ccccn34)nn2C)ccc1F. The Kier molecular flexibility index (Phi) is 4.65. The highest BCUT2D eigenvalue weighted by Gasteiger charge is 2.14. The lowest BCUT2D eigenvalue weighted by atomic mass is 10.1. The van der Waals surface area contributed by atoms with Gasteiger partial charge < -0.3 is 9.72 Å². The average Bonchev–Trinajstić information content (AvgIpc) is 3.28. The van der Waals surface area contributed by atoms with Gasteiger partial charge in [0.25, 0.3) is 5.91 Å². The van der Waals surface area contributed by atoms with Crippen molar-refractivity contribution in [2.45, 2.75) is 13.3 Å². The molecule has 28 heavy (non-hydrogen) atoms. The molecular formula is C21H20FN5O. The highest BCUT2D eigenvalue weighted by atomic mass is 19.1. The summed E-state index contributed by atoms with van der Waals surface area (Å²) in [6.45, 7) is 2.16. The molecule has 0 aliphatic carbocycles. The normalized spacial score (nSPS) is 11.1. The second kappa shape index (κ2) is 7.26. The monoisotopic (exact) mass is 377 g/mol. The van der Waals surface area contributed by atoms with Crippen molar-refractivity contribution in [1.29, 1.82) is 0 Å². The molecule has 4 aromatic rings. The van der Waals surface area contributed by atoms with Gasteiger partial charge in [0.05, 0.1) is 17.4 Å². The van der Waals surface area contributed by atoms with E-state index < -0.39 is 0 Å². The number of nitrogens with zero attached hydrogens (tertiary/aromatic N) is 4. The van der Waals surface area contributed by atoms with E-state index in [1.807, 2.05) is 35.0 Å². The third kappa shape index (κ3) is 3.38. The first-order valence-electron chi connectivity index (χ1n) is 9.02. The van der Waals surface area contributed by atoms with Crippen LogP contribution in [-0.4, -0.2) is 31.6 Å². The predicted octanol–water partition coefficient (Wildman–Crippen LogP) is 3.15. The second-order valence-corrected chi connectivity index (χ2v) is 6.68. The van der Waals surface area contributed by atoms with E-state index in [1.54, 1.807) is 36.9 Å². The van der Waals surface area contributed by atoms with Gasteiger partial charge in [-0.05, 0) is 48.9 Å². The molecule has 7 heteroatoms. The van der Waals surface area contributed by atoms with Crippen LogP contribution >= 0.6 is 0 Å². The Morgan fingerprint density at radius 2 is 2.07 bits per heavy atom. The molecule has 0 atom stereocenters. The zero-order valence-electron chi connectivity index (χ0n) is 15.7. The van der Waals surface area contributed by atoms with Crippen LogP contribution < -0.4 is 5.32 Å². The van der Waals surface area contributed by atoms with Crippen molar-refractivity contribution in [2.75, 3.05) is 6.54 Å². The van der Waals surface area contributed by atoms with Gasteiger partial charge in [0.2, 0.25) is 0 Å². The third-order valence-corrected chi connectivity index (χ3v) is 4.72. The number of carbonyl (C=O) groups is 1. The summed E-state index contributed by atoms with van der Waals surface area (Å²) in [6, 6.07) is 12.5. The molecule has 1 aromatic carbocycles. The predicted molar refractivity (Wildman–Crippen MR) is 105 cm³/mol. The smallest absolute Gasteiger partial charge is 0.271 e. The van der Waals surface area contributed by atoms with Gasteiger partial charge in [0, 0.05) is 31.8 Å². The minimum atomic E-state index is -0.254. The summed E-state index contributed by atoms with van der Waals surface area (Å²) in [5.41, 5.74) is 3.47. The first kappa shape index (κ1) is 17.9. The Balaban J connectivity index is 1.44. The Hall–Kier alpha value is -3.48. The molecule has 4 rings (SSSR count). The number of carbonyl (C=O) groups excluding carboxylic acids is 1. The fourth-order valence-corrected chi connectivity index (χ4v) is 3.22. The molecule has 0 bridgehead atoms. The minimum Gasteiger partial charge on any atom is -0.350 e. The molecule has 1 N–H and O–H groups in total. The Morgan fingerprint density at radius 3 is 2.89 bits per heavy atom.